The highest BCUT2D eigenvalue weighted by molar-refractivity contribution is 8.55. The third-order valence-corrected chi connectivity index (χ3v) is 7.53. The first-order valence-electron chi connectivity index (χ1n) is 6.89. The van der Waals surface area contributed by atoms with E-state index in [-0.39, 0.29) is 5.75 Å². The van der Waals surface area contributed by atoms with Crippen LogP contribution in [0.3, 0.4) is 0 Å². The molecule has 1 unspecified atom stereocenters. The molecule has 4 atom stereocenters. The van der Waals surface area contributed by atoms with Gasteiger partial charge in [0.2, 0.25) is 0 Å². The molecule has 1 aromatic heterocycles. The molecule has 1 fully saturated rings. The Hall–Kier alpha value is -0.940. The minimum absolute atomic E-state index is 0.0919. The fourth-order valence-corrected chi connectivity index (χ4v) is 4.89. The van der Waals surface area contributed by atoms with Gasteiger partial charge in [-0.25, -0.2) is 9.36 Å². The number of aliphatic hydroxyl groups is 1. The molecule has 0 bridgehead atoms. The summed E-state index contributed by atoms with van der Waals surface area (Å²) in [6.07, 6.45) is -2.38. The fraction of sp³-hybridized carbons (Fsp3) is 0.667. The SMILES string of the molecule is COC1[C@@H](O)[C@@H](CSP(=O)(OC)OC)O[C@H]1n1ccc(=O)[nH]c1=O. The van der Waals surface area contributed by atoms with Crippen LogP contribution in [-0.2, 0) is 23.1 Å². The Morgan fingerprint density at radius 1 is 1.38 bits per heavy atom. The minimum atomic E-state index is -3.33. The zero-order valence-corrected chi connectivity index (χ0v) is 15.0. The molecule has 0 radical (unpaired) electrons. The molecule has 1 aromatic rings. The molecule has 0 saturated carbocycles. The summed E-state index contributed by atoms with van der Waals surface area (Å²) < 4.78 is 33.7. The van der Waals surface area contributed by atoms with Crippen molar-refractivity contribution in [2.75, 3.05) is 27.1 Å². The summed E-state index contributed by atoms with van der Waals surface area (Å²) in [4.78, 5) is 25.2. The van der Waals surface area contributed by atoms with Crippen molar-refractivity contribution in [2.45, 2.75) is 24.5 Å². The van der Waals surface area contributed by atoms with Gasteiger partial charge in [0.05, 0.1) is 6.10 Å². The van der Waals surface area contributed by atoms with E-state index in [2.05, 4.69) is 4.98 Å². The van der Waals surface area contributed by atoms with Crippen LogP contribution in [0.1, 0.15) is 6.23 Å². The van der Waals surface area contributed by atoms with Gasteiger partial charge in [-0.15, -0.1) is 0 Å². The maximum absolute atomic E-state index is 12.1. The van der Waals surface area contributed by atoms with Crippen molar-refractivity contribution in [3.63, 3.8) is 0 Å². The van der Waals surface area contributed by atoms with Crippen molar-refractivity contribution in [2.24, 2.45) is 0 Å². The van der Waals surface area contributed by atoms with Crippen molar-refractivity contribution in [1.29, 1.82) is 0 Å². The number of methoxy groups -OCH3 is 1. The molecule has 0 spiro atoms. The average molecular weight is 382 g/mol. The highest BCUT2D eigenvalue weighted by Gasteiger charge is 2.46. The normalized spacial score (nSPS) is 27.5. The third kappa shape index (κ3) is 3.99. The lowest BCUT2D eigenvalue weighted by molar-refractivity contribution is -0.0511. The largest absolute Gasteiger partial charge is 0.388 e. The Morgan fingerprint density at radius 2 is 2.04 bits per heavy atom. The Morgan fingerprint density at radius 3 is 2.58 bits per heavy atom. The Labute approximate surface area is 141 Å². The zero-order chi connectivity index (χ0) is 17.9. The van der Waals surface area contributed by atoms with Gasteiger partial charge in [-0.2, -0.15) is 0 Å². The molecule has 2 rings (SSSR count). The second-order valence-corrected chi connectivity index (χ2v) is 9.21. The van der Waals surface area contributed by atoms with Gasteiger partial charge >= 0.3 is 12.5 Å². The molecular formula is C12H19N2O8PS. The van der Waals surface area contributed by atoms with E-state index in [1.54, 1.807) is 0 Å². The summed E-state index contributed by atoms with van der Waals surface area (Å²) in [5, 5.41) is 10.3. The van der Waals surface area contributed by atoms with E-state index in [1.807, 2.05) is 0 Å². The van der Waals surface area contributed by atoms with E-state index in [1.165, 1.54) is 27.5 Å². The van der Waals surface area contributed by atoms with Crippen molar-refractivity contribution >= 4 is 18.2 Å². The maximum Gasteiger partial charge on any atom is 0.388 e. The first-order valence-corrected chi connectivity index (χ1v) is 10.0. The lowest BCUT2D eigenvalue weighted by Crippen LogP contribution is -2.38. The summed E-state index contributed by atoms with van der Waals surface area (Å²) in [5.41, 5.74) is -1.23. The molecular weight excluding hydrogens is 363 g/mol. The molecule has 24 heavy (non-hydrogen) atoms. The van der Waals surface area contributed by atoms with Gasteiger partial charge in [0.15, 0.2) is 6.23 Å². The Bertz CT molecular complexity index is 713. The monoisotopic (exact) mass is 382 g/mol. The predicted molar refractivity (Wildman–Crippen MR) is 86.1 cm³/mol. The van der Waals surface area contributed by atoms with Gasteiger partial charge in [-0.1, -0.05) is 0 Å². The van der Waals surface area contributed by atoms with Crippen LogP contribution >= 0.6 is 18.2 Å². The second kappa shape index (κ2) is 7.96. The number of nitrogens with zero attached hydrogens (tertiary/aromatic N) is 1. The number of aliphatic hydroxyl groups excluding tert-OH is 1. The molecule has 0 aliphatic carbocycles. The van der Waals surface area contributed by atoms with Gasteiger partial charge in [0.1, 0.15) is 12.2 Å². The molecule has 2 heterocycles. The van der Waals surface area contributed by atoms with Gasteiger partial charge in [-0.05, 0) is 11.4 Å². The molecule has 10 nitrogen and oxygen atoms in total. The van der Waals surface area contributed by atoms with E-state index in [0.717, 1.165) is 22.0 Å². The number of nitrogens with one attached hydrogen (secondary N) is 1. The molecule has 12 heteroatoms. The number of aromatic amines is 1. The molecule has 2 N–H and O–H groups in total. The molecule has 0 aromatic carbocycles. The van der Waals surface area contributed by atoms with Gasteiger partial charge < -0.3 is 23.6 Å². The quantitative estimate of drug-likeness (QED) is 0.623. The van der Waals surface area contributed by atoms with Crippen molar-refractivity contribution in [1.82, 2.24) is 9.55 Å². The predicted octanol–water partition coefficient (Wildman–Crippen LogP) is -0.0560. The number of ether oxygens (including phenoxy) is 2. The van der Waals surface area contributed by atoms with E-state index < -0.39 is 42.6 Å². The van der Waals surface area contributed by atoms with Crippen LogP contribution in [-0.4, -0.2) is 60.1 Å². The number of hydrogen-bond acceptors (Lipinski definition) is 9. The zero-order valence-electron chi connectivity index (χ0n) is 13.3. The molecule has 1 aliphatic heterocycles. The number of rotatable bonds is 7. The van der Waals surface area contributed by atoms with Crippen LogP contribution in [0.15, 0.2) is 21.9 Å². The van der Waals surface area contributed by atoms with E-state index in [4.69, 9.17) is 18.5 Å². The van der Waals surface area contributed by atoms with Gasteiger partial charge in [0, 0.05) is 39.3 Å². The summed E-state index contributed by atoms with van der Waals surface area (Å²) in [6, 6.07) is 1.16. The Kier molecular flexibility index (Phi) is 6.43. The Balaban J connectivity index is 2.19. The molecule has 0 amide bonds. The van der Waals surface area contributed by atoms with Crippen LogP contribution in [0.5, 0.6) is 0 Å². The van der Waals surface area contributed by atoms with Crippen LogP contribution in [0.4, 0.5) is 0 Å². The third-order valence-electron chi connectivity index (χ3n) is 3.55. The second-order valence-electron chi connectivity index (χ2n) is 4.88. The molecule has 1 aliphatic rings. The highest BCUT2D eigenvalue weighted by Crippen LogP contribution is 2.60. The maximum atomic E-state index is 12.1. The van der Waals surface area contributed by atoms with E-state index >= 15 is 0 Å². The minimum Gasteiger partial charge on any atom is -0.387 e. The first kappa shape index (κ1) is 19.4. The van der Waals surface area contributed by atoms with Crippen molar-refractivity contribution in [3.05, 3.63) is 33.1 Å². The number of H-pyrrole nitrogens is 1. The summed E-state index contributed by atoms with van der Waals surface area (Å²) >= 11 is 0.867. The van der Waals surface area contributed by atoms with Crippen LogP contribution < -0.4 is 11.2 Å². The summed E-state index contributed by atoms with van der Waals surface area (Å²) in [6.45, 7) is -3.33. The number of aromatic nitrogens is 2. The van der Waals surface area contributed by atoms with Gasteiger partial charge in [0.25, 0.3) is 5.56 Å². The molecule has 1 saturated heterocycles. The smallest absolute Gasteiger partial charge is 0.387 e. The van der Waals surface area contributed by atoms with Gasteiger partial charge in [-0.3, -0.25) is 14.3 Å². The summed E-state index contributed by atoms with van der Waals surface area (Å²) in [5.74, 6) is 0.0919. The van der Waals surface area contributed by atoms with Crippen molar-refractivity contribution < 1.29 is 28.2 Å². The fourth-order valence-electron chi connectivity index (χ4n) is 2.31. The van der Waals surface area contributed by atoms with Crippen LogP contribution in [0.25, 0.3) is 0 Å². The highest BCUT2D eigenvalue weighted by atomic mass is 32.7. The first-order chi connectivity index (χ1) is 11.3. The number of hydrogen-bond donors (Lipinski definition) is 2. The van der Waals surface area contributed by atoms with Crippen molar-refractivity contribution in [3.8, 4) is 0 Å². The summed E-state index contributed by atoms with van der Waals surface area (Å²) in [7, 11) is 3.87. The van der Waals surface area contributed by atoms with Crippen LogP contribution in [0.2, 0.25) is 0 Å². The average Bonchev–Trinajstić information content (AvgIpc) is 2.88. The topological polar surface area (TPSA) is 129 Å². The van der Waals surface area contributed by atoms with E-state index in [0.29, 0.717) is 0 Å². The lowest BCUT2D eigenvalue weighted by atomic mass is 10.1. The van der Waals surface area contributed by atoms with Crippen LogP contribution in [0, 0.1) is 0 Å². The van der Waals surface area contributed by atoms with E-state index in [9.17, 15) is 19.3 Å². The lowest BCUT2D eigenvalue weighted by Gasteiger charge is -2.20. The standard InChI is InChI=1S/C12H19N2O8PS/c1-19-10-9(16)7(6-24-23(18,20-2)21-3)22-11(10)14-5-4-8(15)13-12(14)17/h4-5,7,9-11,16H,6H2,1-3H3,(H,13,15,17)/t7-,9+,10?,11-/m1/s1. The molecule has 136 valence electrons.